The average Bonchev–Trinajstić information content (AvgIpc) is 2.34. The number of rotatable bonds is 6. The highest BCUT2D eigenvalue weighted by Crippen LogP contribution is 2.25. The van der Waals surface area contributed by atoms with Crippen molar-refractivity contribution in [3.63, 3.8) is 0 Å². The molecule has 3 N–H and O–H groups in total. The summed E-state index contributed by atoms with van der Waals surface area (Å²) in [5.41, 5.74) is 5.76. The normalized spacial score (nSPS) is 12.8. The summed E-state index contributed by atoms with van der Waals surface area (Å²) in [6.07, 6.45) is -4.47. The van der Waals surface area contributed by atoms with Crippen LogP contribution in [0.1, 0.15) is 6.42 Å². The van der Waals surface area contributed by atoms with Gasteiger partial charge < -0.3 is 20.5 Å². The molecular formula is C12H15F3N2O3. The maximum absolute atomic E-state index is 12.1. The summed E-state index contributed by atoms with van der Waals surface area (Å²) in [5.74, 6) is -0.924. The van der Waals surface area contributed by atoms with Crippen molar-refractivity contribution >= 4 is 11.6 Å². The topological polar surface area (TPSA) is 73.6 Å². The predicted octanol–water partition coefficient (Wildman–Crippen LogP) is 1.89. The summed E-state index contributed by atoms with van der Waals surface area (Å²) in [6.45, 7) is 0.311. The van der Waals surface area contributed by atoms with E-state index in [1.807, 2.05) is 0 Å². The second-order valence-corrected chi connectivity index (χ2v) is 3.95. The van der Waals surface area contributed by atoms with Crippen molar-refractivity contribution in [2.75, 3.05) is 19.0 Å². The average molecular weight is 292 g/mol. The van der Waals surface area contributed by atoms with Gasteiger partial charge in [0.25, 0.3) is 0 Å². The standard InChI is InChI=1S/C12H15F3N2O3/c1-19-6-5-10(16)11(18)17-8-3-2-4-9(7-8)20-12(13,14)15/h2-4,7,10H,5-6,16H2,1H3,(H,17,18). The molecular weight excluding hydrogens is 277 g/mol. The highest BCUT2D eigenvalue weighted by molar-refractivity contribution is 5.94. The number of benzene rings is 1. The molecule has 112 valence electrons. The molecule has 5 nitrogen and oxygen atoms in total. The quantitative estimate of drug-likeness (QED) is 0.839. The van der Waals surface area contributed by atoms with Crippen molar-refractivity contribution in [3.8, 4) is 5.75 Å². The van der Waals surface area contributed by atoms with E-state index < -0.39 is 24.1 Å². The van der Waals surface area contributed by atoms with E-state index in [9.17, 15) is 18.0 Å². The van der Waals surface area contributed by atoms with E-state index in [0.29, 0.717) is 13.0 Å². The summed E-state index contributed by atoms with van der Waals surface area (Å²) in [6, 6.07) is 4.16. The molecule has 0 spiro atoms. The number of carbonyl (C=O) groups is 1. The first-order valence-corrected chi connectivity index (χ1v) is 5.73. The Balaban J connectivity index is 2.64. The second kappa shape index (κ2) is 7.11. The lowest BCUT2D eigenvalue weighted by atomic mass is 10.2. The number of halogens is 3. The Morgan fingerprint density at radius 3 is 2.75 bits per heavy atom. The van der Waals surface area contributed by atoms with E-state index in [1.165, 1.54) is 19.2 Å². The van der Waals surface area contributed by atoms with Crippen LogP contribution >= 0.6 is 0 Å². The van der Waals surface area contributed by atoms with Crippen LogP contribution in [0.25, 0.3) is 0 Å². The molecule has 1 amide bonds. The summed E-state index contributed by atoms with van der Waals surface area (Å²) >= 11 is 0. The predicted molar refractivity (Wildman–Crippen MR) is 66.2 cm³/mol. The van der Waals surface area contributed by atoms with Crippen molar-refractivity contribution in [3.05, 3.63) is 24.3 Å². The minimum absolute atomic E-state index is 0.171. The van der Waals surface area contributed by atoms with Gasteiger partial charge in [-0.05, 0) is 18.6 Å². The Hall–Kier alpha value is -1.80. The summed E-state index contributed by atoms with van der Waals surface area (Å²) < 4.78 is 44.7. The number of alkyl halides is 3. The number of carbonyl (C=O) groups excluding carboxylic acids is 1. The number of hydrogen-bond donors (Lipinski definition) is 2. The van der Waals surface area contributed by atoms with E-state index in [0.717, 1.165) is 12.1 Å². The number of methoxy groups -OCH3 is 1. The largest absolute Gasteiger partial charge is 0.573 e. The van der Waals surface area contributed by atoms with Gasteiger partial charge in [-0.2, -0.15) is 0 Å². The van der Waals surface area contributed by atoms with Crippen LogP contribution < -0.4 is 15.8 Å². The Kier molecular flexibility index (Phi) is 5.78. The minimum Gasteiger partial charge on any atom is -0.406 e. The van der Waals surface area contributed by atoms with Gasteiger partial charge in [-0.15, -0.1) is 13.2 Å². The maximum atomic E-state index is 12.1. The van der Waals surface area contributed by atoms with Crippen LogP contribution in [0, 0.1) is 0 Å². The van der Waals surface area contributed by atoms with Crippen LogP contribution in [0.2, 0.25) is 0 Å². The molecule has 0 aromatic heterocycles. The van der Waals surface area contributed by atoms with Gasteiger partial charge in [0.2, 0.25) is 5.91 Å². The van der Waals surface area contributed by atoms with Crippen molar-refractivity contribution in [1.29, 1.82) is 0 Å². The van der Waals surface area contributed by atoms with Gasteiger partial charge in [0, 0.05) is 25.5 Å². The molecule has 20 heavy (non-hydrogen) atoms. The third kappa shape index (κ3) is 5.89. The van der Waals surface area contributed by atoms with Crippen LogP contribution in [0.15, 0.2) is 24.3 Å². The summed E-state index contributed by atoms with van der Waals surface area (Å²) in [7, 11) is 1.47. The summed E-state index contributed by atoms with van der Waals surface area (Å²) in [4.78, 5) is 11.7. The second-order valence-electron chi connectivity index (χ2n) is 3.95. The molecule has 1 rings (SSSR count). The molecule has 0 saturated heterocycles. The van der Waals surface area contributed by atoms with Gasteiger partial charge >= 0.3 is 6.36 Å². The Bertz CT molecular complexity index is 452. The van der Waals surface area contributed by atoms with Gasteiger partial charge in [0.1, 0.15) is 5.75 Å². The number of ether oxygens (including phenoxy) is 2. The van der Waals surface area contributed by atoms with Crippen molar-refractivity contribution in [2.24, 2.45) is 5.73 Å². The van der Waals surface area contributed by atoms with Crippen molar-refractivity contribution < 1.29 is 27.4 Å². The van der Waals surface area contributed by atoms with E-state index in [2.05, 4.69) is 10.1 Å². The maximum Gasteiger partial charge on any atom is 0.573 e. The smallest absolute Gasteiger partial charge is 0.406 e. The lowest BCUT2D eigenvalue weighted by Gasteiger charge is -2.13. The zero-order chi connectivity index (χ0) is 15.2. The van der Waals surface area contributed by atoms with Crippen LogP contribution in [0.4, 0.5) is 18.9 Å². The molecule has 0 aliphatic heterocycles. The minimum atomic E-state index is -4.78. The van der Waals surface area contributed by atoms with Gasteiger partial charge in [0.05, 0.1) is 6.04 Å². The molecule has 1 unspecified atom stereocenters. The number of anilines is 1. The molecule has 0 heterocycles. The Morgan fingerprint density at radius 2 is 2.15 bits per heavy atom. The monoisotopic (exact) mass is 292 g/mol. The summed E-state index contributed by atoms with van der Waals surface area (Å²) in [5, 5.41) is 2.41. The molecule has 0 radical (unpaired) electrons. The first-order valence-electron chi connectivity index (χ1n) is 5.73. The first kappa shape index (κ1) is 16.3. The van der Waals surface area contributed by atoms with Crippen molar-refractivity contribution in [2.45, 2.75) is 18.8 Å². The molecule has 0 aliphatic carbocycles. The molecule has 0 fully saturated rings. The fourth-order valence-electron chi connectivity index (χ4n) is 1.38. The van der Waals surface area contributed by atoms with Gasteiger partial charge in [-0.3, -0.25) is 4.79 Å². The first-order chi connectivity index (χ1) is 9.31. The zero-order valence-electron chi connectivity index (χ0n) is 10.7. The number of hydrogen-bond acceptors (Lipinski definition) is 4. The molecule has 1 aromatic carbocycles. The molecule has 8 heteroatoms. The highest BCUT2D eigenvalue weighted by Gasteiger charge is 2.31. The van der Waals surface area contributed by atoms with Gasteiger partial charge in [-0.25, -0.2) is 0 Å². The molecule has 0 bridgehead atoms. The fraction of sp³-hybridized carbons (Fsp3) is 0.417. The molecule has 1 atom stereocenters. The Labute approximate surface area is 113 Å². The molecule has 0 aliphatic rings. The van der Waals surface area contributed by atoms with Crippen LogP contribution in [-0.2, 0) is 9.53 Å². The van der Waals surface area contributed by atoms with Gasteiger partial charge in [0.15, 0.2) is 0 Å². The van der Waals surface area contributed by atoms with E-state index in [4.69, 9.17) is 10.5 Å². The third-order valence-electron chi connectivity index (χ3n) is 2.30. The fourth-order valence-corrected chi connectivity index (χ4v) is 1.38. The van der Waals surface area contributed by atoms with Crippen LogP contribution in [0.5, 0.6) is 5.75 Å². The Morgan fingerprint density at radius 1 is 1.45 bits per heavy atom. The third-order valence-corrected chi connectivity index (χ3v) is 2.30. The van der Waals surface area contributed by atoms with Crippen molar-refractivity contribution in [1.82, 2.24) is 0 Å². The number of nitrogens with two attached hydrogens (primary N) is 1. The molecule has 1 aromatic rings. The zero-order valence-corrected chi connectivity index (χ0v) is 10.7. The molecule has 0 saturated carbocycles. The lowest BCUT2D eigenvalue weighted by Crippen LogP contribution is -2.36. The number of amides is 1. The van der Waals surface area contributed by atoms with E-state index in [1.54, 1.807) is 0 Å². The number of nitrogens with one attached hydrogen (secondary N) is 1. The van der Waals surface area contributed by atoms with Crippen LogP contribution in [0.3, 0.4) is 0 Å². The highest BCUT2D eigenvalue weighted by atomic mass is 19.4. The SMILES string of the molecule is COCCC(N)C(=O)Nc1cccc(OC(F)(F)F)c1. The van der Waals surface area contributed by atoms with Gasteiger partial charge in [-0.1, -0.05) is 6.07 Å². The van der Waals surface area contributed by atoms with E-state index >= 15 is 0 Å². The van der Waals surface area contributed by atoms with E-state index in [-0.39, 0.29) is 5.69 Å². The van der Waals surface area contributed by atoms with Crippen LogP contribution in [-0.4, -0.2) is 32.0 Å². The lowest BCUT2D eigenvalue weighted by molar-refractivity contribution is -0.274.